The smallest absolute Gasteiger partial charge is 0.253 e. The minimum absolute atomic E-state index is 0.0747. The van der Waals surface area contributed by atoms with E-state index in [1.165, 1.54) is 12.4 Å². The predicted molar refractivity (Wildman–Crippen MR) is 107 cm³/mol. The van der Waals surface area contributed by atoms with Crippen LogP contribution in [0.5, 0.6) is 0 Å². The number of piperidine rings is 1. The van der Waals surface area contributed by atoms with Crippen molar-refractivity contribution in [3.8, 4) is 0 Å². The molecule has 0 radical (unpaired) electrons. The molecule has 1 aliphatic rings. The van der Waals surface area contributed by atoms with Gasteiger partial charge in [0.25, 0.3) is 5.91 Å². The first-order chi connectivity index (χ1) is 13.4. The summed E-state index contributed by atoms with van der Waals surface area (Å²) < 4.78 is 1.79. The lowest BCUT2D eigenvalue weighted by atomic mass is 9.99. The number of hydrogen-bond donors (Lipinski definition) is 1. The number of carbonyl (C=O) groups is 2. The number of amides is 2. The topological polar surface area (TPSA) is 80.1 Å². The third-order valence-corrected chi connectivity index (χ3v) is 5.46. The average molecular weight is 424 g/mol. The highest BCUT2D eigenvalue weighted by molar-refractivity contribution is 6.36. The molecule has 1 aliphatic heterocycles. The van der Waals surface area contributed by atoms with Gasteiger partial charge < -0.3 is 10.2 Å². The minimum Gasteiger partial charge on any atom is -0.340 e. The van der Waals surface area contributed by atoms with Crippen LogP contribution in [0.25, 0.3) is 0 Å². The predicted octanol–water partition coefficient (Wildman–Crippen LogP) is 3.20. The summed E-state index contributed by atoms with van der Waals surface area (Å²) in [6, 6.07) is 4.12. The summed E-state index contributed by atoms with van der Waals surface area (Å²) in [6.07, 6.45) is 4.97. The maximum atomic E-state index is 13.2. The number of aromatic nitrogens is 3. The van der Waals surface area contributed by atoms with Gasteiger partial charge in [0, 0.05) is 18.1 Å². The molecule has 9 heteroatoms. The zero-order valence-corrected chi connectivity index (χ0v) is 17.3. The summed E-state index contributed by atoms with van der Waals surface area (Å²) in [5, 5.41) is 7.74. The lowest BCUT2D eigenvalue weighted by Gasteiger charge is -2.36. The van der Waals surface area contributed by atoms with E-state index in [9.17, 15) is 9.59 Å². The summed E-state index contributed by atoms with van der Waals surface area (Å²) >= 11 is 12.0. The van der Waals surface area contributed by atoms with Crippen LogP contribution in [0.3, 0.4) is 0 Å². The van der Waals surface area contributed by atoms with Crippen molar-refractivity contribution in [1.82, 2.24) is 25.0 Å². The van der Waals surface area contributed by atoms with E-state index in [2.05, 4.69) is 15.4 Å². The highest BCUT2D eigenvalue weighted by Gasteiger charge is 2.33. The van der Waals surface area contributed by atoms with Crippen LogP contribution in [0.15, 0.2) is 30.9 Å². The van der Waals surface area contributed by atoms with E-state index >= 15 is 0 Å². The van der Waals surface area contributed by atoms with Crippen LogP contribution in [0.1, 0.15) is 43.1 Å². The molecular weight excluding hydrogens is 401 g/mol. The van der Waals surface area contributed by atoms with Gasteiger partial charge >= 0.3 is 0 Å². The second-order valence-corrected chi connectivity index (χ2v) is 8.12. The van der Waals surface area contributed by atoms with Crippen molar-refractivity contribution in [2.24, 2.45) is 5.92 Å². The molecule has 2 aromatic rings. The summed E-state index contributed by atoms with van der Waals surface area (Å²) in [7, 11) is 0. The molecule has 28 heavy (non-hydrogen) atoms. The van der Waals surface area contributed by atoms with Crippen molar-refractivity contribution in [3.63, 3.8) is 0 Å². The average Bonchev–Trinajstić information content (AvgIpc) is 3.20. The second kappa shape index (κ2) is 8.92. The highest BCUT2D eigenvalue weighted by Crippen LogP contribution is 2.23. The van der Waals surface area contributed by atoms with Crippen molar-refractivity contribution in [1.29, 1.82) is 0 Å². The fourth-order valence-corrected chi connectivity index (χ4v) is 3.87. The number of likely N-dealkylation sites (tertiary alicyclic amines) is 1. The van der Waals surface area contributed by atoms with Gasteiger partial charge in [-0.1, -0.05) is 37.0 Å². The Morgan fingerprint density at radius 3 is 2.71 bits per heavy atom. The largest absolute Gasteiger partial charge is 0.340 e. The molecule has 1 saturated heterocycles. The van der Waals surface area contributed by atoms with Gasteiger partial charge in [0.2, 0.25) is 5.91 Å². The van der Waals surface area contributed by atoms with E-state index in [1.54, 1.807) is 28.0 Å². The zero-order valence-electron chi connectivity index (χ0n) is 15.8. The van der Waals surface area contributed by atoms with Crippen LogP contribution >= 0.6 is 23.2 Å². The van der Waals surface area contributed by atoms with E-state index in [0.29, 0.717) is 23.7 Å². The van der Waals surface area contributed by atoms with Gasteiger partial charge in [-0.15, -0.1) is 0 Å². The molecule has 0 bridgehead atoms. The standard InChI is InChI=1S/C19H23Cl2N5O2/c1-12(2)17(24-18(27)15-6-5-13(20)8-16(15)21)19(28)25-7-3-4-14(9-25)26-11-22-10-23-26/h5-6,8,10-12,14,17H,3-4,7,9H2,1-2H3,(H,24,27). The lowest BCUT2D eigenvalue weighted by molar-refractivity contribution is -0.136. The van der Waals surface area contributed by atoms with Crippen LogP contribution in [0.4, 0.5) is 0 Å². The molecule has 0 spiro atoms. The number of hydrogen-bond acceptors (Lipinski definition) is 4. The Hall–Kier alpha value is -2.12. The number of benzene rings is 1. The van der Waals surface area contributed by atoms with Gasteiger partial charge in [-0.05, 0) is 37.0 Å². The van der Waals surface area contributed by atoms with Gasteiger partial charge in [0.1, 0.15) is 18.7 Å². The Kier molecular flexibility index (Phi) is 6.57. The molecule has 150 valence electrons. The van der Waals surface area contributed by atoms with Crippen molar-refractivity contribution in [2.75, 3.05) is 13.1 Å². The van der Waals surface area contributed by atoms with Crippen LogP contribution in [0.2, 0.25) is 10.0 Å². The molecule has 1 aromatic carbocycles. The molecule has 0 saturated carbocycles. The first-order valence-electron chi connectivity index (χ1n) is 9.25. The van der Waals surface area contributed by atoms with Crippen molar-refractivity contribution < 1.29 is 9.59 Å². The molecule has 1 fully saturated rings. The van der Waals surface area contributed by atoms with Crippen molar-refractivity contribution in [2.45, 2.75) is 38.8 Å². The third-order valence-electron chi connectivity index (χ3n) is 4.91. The fourth-order valence-electron chi connectivity index (χ4n) is 3.38. The first kappa shape index (κ1) is 20.6. The maximum absolute atomic E-state index is 13.2. The maximum Gasteiger partial charge on any atom is 0.253 e. The first-order valence-corrected chi connectivity index (χ1v) is 10.0. The van der Waals surface area contributed by atoms with Crippen molar-refractivity contribution in [3.05, 3.63) is 46.5 Å². The van der Waals surface area contributed by atoms with E-state index < -0.39 is 11.9 Å². The summed E-state index contributed by atoms with van der Waals surface area (Å²) in [5.41, 5.74) is 0.295. The minimum atomic E-state index is -0.645. The van der Waals surface area contributed by atoms with E-state index in [1.807, 2.05) is 13.8 Å². The Morgan fingerprint density at radius 2 is 2.07 bits per heavy atom. The number of carbonyl (C=O) groups excluding carboxylic acids is 2. The van der Waals surface area contributed by atoms with Crippen LogP contribution < -0.4 is 5.32 Å². The summed E-state index contributed by atoms with van der Waals surface area (Å²) in [5.74, 6) is -0.564. The Bertz CT molecular complexity index is 841. The van der Waals surface area contributed by atoms with Gasteiger partial charge in [0.15, 0.2) is 0 Å². The normalized spacial score (nSPS) is 18.2. The van der Waals surface area contributed by atoms with E-state index in [-0.39, 0.29) is 22.9 Å². The Balaban J connectivity index is 1.72. The lowest BCUT2D eigenvalue weighted by Crippen LogP contribution is -2.53. The van der Waals surface area contributed by atoms with Crippen LogP contribution in [-0.2, 0) is 4.79 Å². The number of halogens is 2. The highest BCUT2D eigenvalue weighted by atomic mass is 35.5. The Labute approximate surface area is 174 Å². The van der Waals surface area contributed by atoms with Crippen LogP contribution in [-0.4, -0.2) is 50.6 Å². The number of rotatable bonds is 5. The molecule has 2 amide bonds. The molecule has 7 nitrogen and oxygen atoms in total. The Morgan fingerprint density at radius 1 is 1.29 bits per heavy atom. The molecule has 2 heterocycles. The molecule has 1 aromatic heterocycles. The monoisotopic (exact) mass is 423 g/mol. The molecular formula is C19H23Cl2N5O2. The van der Waals surface area contributed by atoms with Crippen LogP contribution in [0, 0.1) is 5.92 Å². The van der Waals surface area contributed by atoms with Crippen molar-refractivity contribution >= 4 is 35.0 Å². The molecule has 2 unspecified atom stereocenters. The van der Waals surface area contributed by atoms with Gasteiger partial charge in [0.05, 0.1) is 16.6 Å². The summed E-state index contributed by atoms with van der Waals surface area (Å²) in [6.45, 7) is 5.02. The van der Waals surface area contributed by atoms with E-state index in [0.717, 1.165) is 12.8 Å². The second-order valence-electron chi connectivity index (χ2n) is 7.28. The zero-order chi connectivity index (χ0) is 20.3. The molecule has 2 atom stereocenters. The molecule has 0 aliphatic carbocycles. The van der Waals surface area contributed by atoms with Gasteiger partial charge in [-0.2, -0.15) is 5.10 Å². The molecule has 1 N–H and O–H groups in total. The van der Waals surface area contributed by atoms with E-state index in [4.69, 9.17) is 23.2 Å². The van der Waals surface area contributed by atoms with Gasteiger partial charge in [-0.3, -0.25) is 9.59 Å². The van der Waals surface area contributed by atoms with Gasteiger partial charge in [-0.25, -0.2) is 9.67 Å². The fraction of sp³-hybridized carbons (Fsp3) is 0.474. The third kappa shape index (κ3) is 4.64. The SMILES string of the molecule is CC(C)C(NC(=O)c1ccc(Cl)cc1Cl)C(=O)N1CCCC(n2cncn2)C1. The number of nitrogens with one attached hydrogen (secondary N) is 1. The quantitative estimate of drug-likeness (QED) is 0.800. The molecule has 3 rings (SSSR count). The summed E-state index contributed by atoms with van der Waals surface area (Å²) in [4.78, 5) is 31.7. The number of nitrogens with zero attached hydrogens (tertiary/aromatic N) is 4.